The first kappa shape index (κ1) is 13.8. The molecule has 0 aromatic heterocycles. The predicted molar refractivity (Wildman–Crippen MR) is 88.3 cm³/mol. The number of nitrogens with one attached hydrogen (secondary N) is 1. The number of para-hydroxylation sites is 1. The third-order valence-electron chi connectivity index (χ3n) is 3.90. The van der Waals surface area contributed by atoms with Crippen LogP contribution in [0.25, 0.3) is 0 Å². The molecule has 0 saturated heterocycles. The van der Waals surface area contributed by atoms with Crippen LogP contribution in [0.1, 0.15) is 18.1 Å². The average Bonchev–Trinajstić information content (AvgIpc) is 2.54. The van der Waals surface area contributed by atoms with E-state index in [0.29, 0.717) is 0 Å². The second-order valence-electron chi connectivity index (χ2n) is 5.42. The fourth-order valence-corrected chi connectivity index (χ4v) is 2.70. The van der Waals surface area contributed by atoms with Gasteiger partial charge in [0.2, 0.25) is 0 Å². The molecular weight excluding hydrogens is 260 g/mol. The van der Waals surface area contributed by atoms with E-state index in [9.17, 15) is 0 Å². The van der Waals surface area contributed by atoms with Crippen LogP contribution in [0.15, 0.2) is 42.5 Å². The summed E-state index contributed by atoms with van der Waals surface area (Å²) in [6, 6.07) is 15.0. The highest BCUT2D eigenvalue weighted by Crippen LogP contribution is 2.32. The van der Waals surface area contributed by atoms with Gasteiger partial charge in [-0.3, -0.25) is 0 Å². The number of hydrogen-bond acceptors (Lipinski definition) is 3. The van der Waals surface area contributed by atoms with Crippen molar-refractivity contribution in [1.29, 1.82) is 0 Å². The molecule has 3 nitrogen and oxygen atoms in total. The van der Waals surface area contributed by atoms with Crippen molar-refractivity contribution < 1.29 is 4.74 Å². The van der Waals surface area contributed by atoms with Crippen LogP contribution in [0.5, 0.6) is 5.75 Å². The molecule has 1 aliphatic heterocycles. The van der Waals surface area contributed by atoms with Crippen LogP contribution in [0, 0.1) is 6.92 Å². The molecule has 0 atom stereocenters. The third kappa shape index (κ3) is 2.97. The van der Waals surface area contributed by atoms with Gasteiger partial charge in [0, 0.05) is 30.9 Å². The molecule has 1 heterocycles. The zero-order valence-corrected chi connectivity index (χ0v) is 12.7. The third-order valence-corrected chi connectivity index (χ3v) is 3.90. The van der Waals surface area contributed by atoms with E-state index in [1.54, 1.807) is 0 Å². The van der Waals surface area contributed by atoms with Crippen molar-refractivity contribution in [2.24, 2.45) is 0 Å². The minimum atomic E-state index is 0.737. The largest absolute Gasteiger partial charge is 0.489 e. The molecule has 2 aromatic rings. The Balaban J connectivity index is 1.86. The highest BCUT2D eigenvalue weighted by molar-refractivity contribution is 5.62. The number of fused-ring (bicyclic) bond motifs is 1. The Morgan fingerprint density at radius 3 is 2.71 bits per heavy atom. The van der Waals surface area contributed by atoms with E-state index in [4.69, 9.17) is 4.74 Å². The van der Waals surface area contributed by atoms with Crippen LogP contribution < -0.4 is 15.0 Å². The lowest BCUT2D eigenvalue weighted by Crippen LogP contribution is -2.24. The lowest BCUT2D eigenvalue weighted by molar-refractivity contribution is 0.319. The van der Waals surface area contributed by atoms with E-state index in [2.05, 4.69) is 66.5 Å². The molecule has 1 aliphatic rings. The molecular formula is C18H22N2O. The number of aryl methyl sites for hydroxylation is 1. The molecule has 0 saturated carbocycles. The molecule has 0 radical (unpaired) electrons. The smallest absolute Gasteiger partial charge is 0.147 e. The van der Waals surface area contributed by atoms with E-state index in [-0.39, 0.29) is 0 Å². The number of hydrogen-bond donors (Lipinski definition) is 1. The van der Waals surface area contributed by atoms with E-state index in [1.807, 2.05) is 0 Å². The molecule has 0 fully saturated rings. The standard InChI is InChI=1S/C18H22N2O/c1-3-20(16-9-7-14(2)8-10-16)13-15-5-4-6-17-18(15)21-12-11-19-17/h4-10,19H,3,11-13H2,1-2H3. The summed E-state index contributed by atoms with van der Waals surface area (Å²) in [7, 11) is 0. The van der Waals surface area contributed by atoms with Gasteiger partial charge in [0.05, 0.1) is 5.69 Å². The first-order valence-corrected chi connectivity index (χ1v) is 7.58. The molecule has 0 unspecified atom stereocenters. The van der Waals surface area contributed by atoms with Crippen LogP contribution in [0.4, 0.5) is 11.4 Å². The Kier molecular flexibility index (Phi) is 4.00. The van der Waals surface area contributed by atoms with Gasteiger partial charge in [-0.05, 0) is 32.0 Å². The van der Waals surface area contributed by atoms with Crippen molar-refractivity contribution in [3.8, 4) is 5.75 Å². The Labute approximate surface area is 126 Å². The molecule has 1 N–H and O–H groups in total. The maximum absolute atomic E-state index is 5.87. The first-order chi connectivity index (χ1) is 10.3. The summed E-state index contributed by atoms with van der Waals surface area (Å²) in [5, 5.41) is 3.40. The minimum absolute atomic E-state index is 0.737. The fraction of sp³-hybridized carbons (Fsp3) is 0.333. The first-order valence-electron chi connectivity index (χ1n) is 7.58. The van der Waals surface area contributed by atoms with Crippen molar-refractivity contribution >= 4 is 11.4 Å². The van der Waals surface area contributed by atoms with Crippen LogP contribution >= 0.6 is 0 Å². The molecule has 0 spiro atoms. The number of ether oxygens (including phenoxy) is 1. The van der Waals surface area contributed by atoms with E-state index in [1.165, 1.54) is 16.8 Å². The number of benzene rings is 2. The van der Waals surface area contributed by atoms with Gasteiger partial charge < -0.3 is 15.0 Å². The van der Waals surface area contributed by atoms with Gasteiger partial charge >= 0.3 is 0 Å². The highest BCUT2D eigenvalue weighted by atomic mass is 16.5. The van der Waals surface area contributed by atoms with E-state index >= 15 is 0 Å². The predicted octanol–water partition coefficient (Wildman–Crippen LogP) is 3.83. The normalized spacial score (nSPS) is 13.0. The second-order valence-corrected chi connectivity index (χ2v) is 5.42. The Morgan fingerprint density at radius 1 is 1.14 bits per heavy atom. The Morgan fingerprint density at radius 2 is 1.95 bits per heavy atom. The molecule has 0 amide bonds. The summed E-state index contributed by atoms with van der Waals surface area (Å²) in [6.07, 6.45) is 0. The maximum Gasteiger partial charge on any atom is 0.147 e. The molecule has 3 rings (SSSR count). The fourth-order valence-electron chi connectivity index (χ4n) is 2.70. The average molecular weight is 282 g/mol. The number of rotatable bonds is 4. The molecule has 0 aliphatic carbocycles. The quantitative estimate of drug-likeness (QED) is 0.922. The SMILES string of the molecule is CCN(Cc1cccc2c1OCCN2)c1ccc(C)cc1. The summed E-state index contributed by atoms with van der Waals surface area (Å²) in [6.45, 7) is 7.76. The number of nitrogens with zero attached hydrogens (tertiary/aromatic N) is 1. The van der Waals surface area contributed by atoms with Gasteiger partial charge in [0.1, 0.15) is 12.4 Å². The molecule has 110 valence electrons. The summed E-state index contributed by atoms with van der Waals surface area (Å²) in [5.74, 6) is 1.01. The van der Waals surface area contributed by atoms with Crippen LogP contribution in [0.2, 0.25) is 0 Å². The van der Waals surface area contributed by atoms with E-state index < -0.39 is 0 Å². The molecule has 0 bridgehead atoms. The van der Waals surface area contributed by atoms with Crippen molar-refractivity contribution in [2.45, 2.75) is 20.4 Å². The maximum atomic E-state index is 5.87. The van der Waals surface area contributed by atoms with E-state index in [0.717, 1.165) is 37.7 Å². The topological polar surface area (TPSA) is 24.5 Å². The lowest BCUT2D eigenvalue weighted by atomic mass is 10.1. The van der Waals surface area contributed by atoms with Gasteiger partial charge in [0.25, 0.3) is 0 Å². The van der Waals surface area contributed by atoms with Crippen LogP contribution in [-0.2, 0) is 6.54 Å². The van der Waals surface area contributed by atoms with Gasteiger partial charge in [-0.25, -0.2) is 0 Å². The Bertz CT molecular complexity index is 607. The van der Waals surface area contributed by atoms with Gasteiger partial charge in [-0.1, -0.05) is 29.8 Å². The van der Waals surface area contributed by atoms with Crippen molar-refractivity contribution in [1.82, 2.24) is 0 Å². The highest BCUT2D eigenvalue weighted by Gasteiger charge is 2.15. The Hall–Kier alpha value is -2.16. The number of anilines is 2. The summed E-state index contributed by atoms with van der Waals surface area (Å²) >= 11 is 0. The molecule has 2 aromatic carbocycles. The summed E-state index contributed by atoms with van der Waals surface area (Å²) in [4.78, 5) is 2.37. The monoisotopic (exact) mass is 282 g/mol. The zero-order valence-electron chi connectivity index (χ0n) is 12.7. The van der Waals surface area contributed by atoms with Crippen molar-refractivity contribution in [3.05, 3.63) is 53.6 Å². The van der Waals surface area contributed by atoms with Crippen LogP contribution in [0.3, 0.4) is 0 Å². The molecule has 3 heteroatoms. The van der Waals surface area contributed by atoms with Gasteiger partial charge in [0.15, 0.2) is 0 Å². The molecule has 21 heavy (non-hydrogen) atoms. The second kappa shape index (κ2) is 6.08. The summed E-state index contributed by atoms with van der Waals surface area (Å²) < 4.78 is 5.87. The van der Waals surface area contributed by atoms with Crippen LogP contribution in [-0.4, -0.2) is 19.7 Å². The minimum Gasteiger partial charge on any atom is -0.489 e. The lowest BCUT2D eigenvalue weighted by Gasteiger charge is -2.27. The van der Waals surface area contributed by atoms with Gasteiger partial charge in [-0.15, -0.1) is 0 Å². The van der Waals surface area contributed by atoms with Crippen molar-refractivity contribution in [2.75, 3.05) is 29.9 Å². The summed E-state index contributed by atoms with van der Waals surface area (Å²) in [5.41, 5.74) is 4.89. The van der Waals surface area contributed by atoms with Crippen molar-refractivity contribution in [3.63, 3.8) is 0 Å². The zero-order chi connectivity index (χ0) is 14.7. The van der Waals surface area contributed by atoms with Gasteiger partial charge in [-0.2, -0.15) is 0 Å².